The molecule has 5 rings (SSSR count). The average molecular weight is 419 g/mol. The molecule has 0 bridgehead atoms. The van der Waals surface area contributed by atoms with Gasteiger partial charge in [-0.15, -0.1) is 0 Å². The van der Waals surface area contributed by atoms with Crippen LogP contribution in [0.25, 0.3) is 10.9 Å². The molecule has 1 fully saturated rings. The van der Waals surface area contributed by atoms with E-state index in [-0.39, 0.29) is 18.4 Å². The molecule has 2 aliphatic rings. The maximum atomic E-state index is 12.9. The lowest BCUT2D eigenvalue weighted by molar-refractivity contribution is -0.146. The zero-order valence-corrected chi connectivity index (χ0v) is 17.5. The molecule has 0 saturated carbocycles. The van der Waals surface area contributed by atoms with Crippen LogP contribution in [0.5, 0.6) is 11.5 Å². The summed E-state index contributed by atoms with van der Waals surface area (Å²) in [6.45, 7) is 4.57. The molecule has 0 unspecified atom stereocenters. The standard InChI is InChI=1S/C24H25N3O4/c1-17-14-18-6-2-3-7-19(18)27(17)15-23(28)25-10-12-26(13-11-25)24(29)22-16-30-20-8-4-5-9-21(20)31-22/h2-9,14,22H,10-13,15-16H2,1H3/t22-/m0/s1. The van der Waals surface area contributed by atoms with Crippen LogP contribution >= 0.6 is 0 Å². The van der Waals surface area contributed by atoms with Gasteiger partial charge in [0.15, 0.2) is 11.5 Å². The number of benzene rings is 2. The summed E-state index contributed by atoms with van der Waals surface area (Å²) in [7, 11) is 0. The van der Waals surface area contributed by atoms with Gasteiger partial charge >= 0.3 is 0 Å². The van der Waals surface area contributed by atoms with E-state index in [0.29, 0.717) is 44.2 Å². The Morgan fingerprint density at radius 3 is 2.42 bits per heavy atom. The van der Waals surface area contributed by atoms with Gasteiger partial charge in [0.25, 0.3) is 5.91 Å². The number of carbonyl (C=O) groups excluding carboxylic acids is 2. The Morgan fingerprint density at radius 2 is 1.61 bits per heavy atom. The number of ether oxygens (including phenoxy) is 2. The van der Waals surface area contributed by atoms with E-state index < -0.39 is 6.10 Å². The third-order valence-electron chi connectivity index (χ3n) is 6.04. The average Bonchev–Trinajstić information content (AvgIpc) is 3.13. The highest BCUT2D eigenvalue weighted by Gasteiger charge is 2.33. The maximum Gasteiger partial charge on any atom is 0.267 e. The quantitative estimate of drug-likeness (QED) is 0.654. The summed E-state index contributed by atoms with van der Waals surface area (Å²) < 4.78 is 13.6. The van der Waals surface area contributed by atoms with Crippen molar-refractivity contribution in [2.24, 2.45) is 0 Å². The largest absolute Gasteiger partial charge is 0.485 e. The molecule has 7 heteroatoms. The number of carbonyl (C=O) groups is 2. The normalized spacial score (nSPS) is 18.3. The van der Waals surface area contributed by atoms with Gasteiger partial charge in [-0.25, -0.2) is 0 Å². The third kappa shape index (κ3) is 3.71. The summed E-state index contributed by atoms with van der Waals surface area (Å²) in [5.74, 6) is 1.24. The monoisotopic (exact) mass is 419 g/mol. The molecular weight excluding hydrogens is 394 g/mol. The molecule has 2 aliphatic heterocycles. The lowest BCUT2D eigenvalue weighted by Crippen LogP contribution is -2.55. The molecule has 0 aliphatic carbocycles. The number of aryl methyl sites for hydroxylation is 1. The van der Waals surface area contributed by atoms with E-state index in [4.69, 9.17) is 9.47 Å². The van der Waals surface area contributed by atoms with Gasteiger partial charge in [-0.3, -0.25) is 9.59 Å². The topological polar surface area (TPSA) is 64.0 Å². The minimum Gasteiger partial charge on any atom is -0.485 e. The van der Waals surface area contributed by atoms with Gasteiger partial charge in [-0.05, 0) is 36.6 Å². The van der Waals surface area contributed by atoms with E-state index in [1.165, 1.54) is 0 Å². The van der Waals surface area contributed by atoms with Crippen LogP contribution in [-0.2, 0) is 16.1 Å². The van der Waals surface area contributed by atoms with Gasteiger partial charge in [-0.1, -0.05) is 30.3 Å². The summed E-state index contributed by atoms with van der Waals surface area (Å²) in [6, 6.07) is 17.6. The highest BCUT2D eigenvalue weighted by molar-refractivity contribution is 5.85. The number of rotatable bonds is 3. The van der Waals surface area contributed by atoms with E-state index in [1.54, 1.807) is 11.0 Å². The minimum atomic E-state index is -0.647. The fraction of sp³-hybridized carbons (Fsp3) is 0.333. The van der Waals surface area contributed by atoms with E-state index in [1.807, 2.05) is 48.2 Å². The molecule has 7 nitrogen and oxygen atoms in total. The first kappa shape index (κ1) is 19.5. The van der Waals surface area contributed by atoms with E-state index in [9.17, 15) is 9.59 Å². The molecule has 0 spiro atoms. The molecule has 3 aromatic rings. The Morgan fingerprint density at radius 1 is 0.935 bits per heavy atom. The van der Waals surface area contributed by atoms with Gasteiger partial charge in [-0.2, -0.15) is 0 Å². The predicted molar refractivity (Wildman–Crippen MR) is 116 cm³/mol. The molecule has 1 aromatic heterocycles. The highest BCUT2D eigenvalue weighted by atomic mass is 16.6. The van der Waals surface area contributed by atoms with Crippen molar-refractivity contribution in [1.82, 2.24) is 14.4 Å². The predicted octanol–water partition coefficient (Wildman–Crippen LogP) is 2.46. The van der Waals surface area contributed by atoms with E-state index in [0.717, 1.165) is 16.6 Å². The van der Waals surface area contributed by atoms with Crippen LogP contribution in [0.1, 0.15) is 5.69 Å². The molecular formula is C24H25N3O4. The zero-order chi connectivity index (χ0) is 21.4. The molecule has 1 saturated heterocycles. The number of para-hydroxylation sites is 3. The van der Waals surface area contributed by atoms with Crippen LogP contribution in [0.3, 0.4) is 0 Å². The zero-order valence-electron chi connectivity index (χ0n) is 17.5. The van der Waals surface area contributed by atoms with E-state index >= 15 is 0 Å². The molecule has 0 radical (unpaired) electrons. The molecule has 3 heterocycles. The molecule has 160 valence electrons. The van der Waals surface area contributed by atoms with Crippen molar-refractivity contribution in [1.29, 1.82) is 0 Å². The van der Waals surface area contributed by atoms with Gasteiger partial charge in [0, 0.05) is 37.4 Å². The lowest BCUT2D eigenvalue weighted by Gasteiger charge is -2.37. The SMILES string of the molecule is Cc1cc2ccccc2n1CC(=O)N1CCN(C(=O)[C@@H]2COc3ccccc3O2)CC1. The lowest BCUT2D eigenvalue weighted by atomic mass is 10.2. The second kappa shape index (κ2) is 7.98. The molecule has 31 heavy (non-hydrogen) atoms. The second-order valence-electron chi connectivity index (χ2n) is 8.00. The van der Waals surface area contributed by atoms with Crippen molar-refractivity contribution in [2.45, 2.75) is 19.6 Å². The summed E-state index contributed by atoms with van der Waals surface area (Å²) in [4.78, 5) is 29.4. The smallest absolute Gasteiger partial charge is 0.267 e. The number of hydrogen-bond donors (Lipinski definition) is 0. The van der Waals surface area contributed by atoms with Crippen LogP contribution in [0.4, 0.5) is 0 Å². The van der Waals surface area contributed by atoms with Crippen LogP contribution in [0.2, 0.25) is 0 Å². The van der Waals surface area contributed by atoms with Crippen molar-refractivity contribution in [3.8, 4) is 11.5 Å². The number of hydrogen-bond acceptors (Lipinski definition) is 4. The Hall–Kier alpha value is -3.48. The summed E-state index contributed by atoms with van der Waals surface area (Å²) in [6.07, 6.45) is -0.647. The van der Waals surface area contributed by atoms with Gasteiger partial charge in [0.2, 0.25) is 12.0 Å². The number of piperazine rings is 1. The molecule has 0 N–H and O–H groups in total. The number of aromatic nitrogens is 1. The van der Waals surface area contributed by atoms with Gasteiger partial charge in [0.1, 0.15) is 13.2 Å². The highest BCUT2D eigenvalue weighted by Crippen LogP contribution is 2.31. The third-order valence-corrected chi connectivity index (χ3v) is 6.04. The Balaban J connectivity index is 1.19. The van der Waals surface area contributed by atoms with Crippen molar-refractivity contribution in [3.63, 3.8) is 0 Å². The fourth-order valence-electron chi connectivity index (χ4n) is 4.31. The van der Waals surface area contributed by atoms with Crippen molar-refractivity contribution in [3.05, 3.63) is 60.3 Å². The van der Waals surface area contributed by atoms with Gasteiger partial charge in [0.05, 0.1) is 0 Å². The van der Waals surface area contributed by atoms with Crippen LogP contribution in [-0.4, -0.2) is 65.1 Å². The van der Waals surface area contributed by atoms with Crippen LogP contribution < -0.4 is 9.47 Å². The first-order valence-electron chi connectivity index (χ1n) is 10.6. The van der Waals surface area contributed by atoms with Crippen molar-refractivity contribution < 1.29 is 19.1 Å². The Labute approximate surface area is 180 Å². The van der Waals surface area contributed by atoms with Crippen LogP contribution in [0.15, 0.2) is 54.6 Å². The van der Waals surface area contributed by atoms with Crippen molar-refractivity contribution in [2.75, 3.05) is 32.8 Å². The summed E-state index contributed by atoms with van der Waals surface area (Å²) in [5, 5.41) is 1.14. The van der Waals surface area contributed by atoms with E-state index in [2.05, 4.69) is 16.7 Å². The Bertz CT molecular complexity index is 1130. The minimum absolute atomic E-state index is 0.0720. The summed E-state index contributed by atoms with van der Waals surface area (Å²) >= 11 is 0. The maximum absolute atomic E-state index is 12.9. The second-order valence-corrected chi connectivity index (χ2v) is 8.00. The molecule has 1 atom stereocenters. The first-order chi connectivity index (χ1) is 15.1. The Kier molecular flexibility index (Phi) is 5.02. The molecule has 2 amide bonds. The van der Waals surface area contributed by atoms with Gasteiger partial charge < -0.3 is 23.8 Å². The van der Waals surface area contributed by atoms with Crippen LogP contribution in [0, 0.1) is 6.92 Å². The van der Waals surface area contributed by atoms with Crippen molar-refractivity contribution >= 4 is 22.7 Å². The fourth-order valence-corrected chi connectivity index (χ4v) is 4.31. The number of nitrogens with zero attached hydrogens (tertiary/aromatic N) is 3. The molecule has 2 aromatic carbocycles. The number of fused-ring (bicyclic) bond motifs is 2. The first-order valence-corrected chi connectivity index (χ1v) is 10.6. The number of amides is 2. The summed E-state index contributed by atoms with van der Waals surface area (Å²) in [5.41, 5.74) is 2.13.